The standard InChI is InChI=1S/C17H16N2O3/c1-21-15-8-12(17(18)20)7-14-13(15)9-16(19-14)22-10-11-5-3-2-4-6-11/h2-9,19H,10H2,1H3,(H2,18,20). The summed E-state index contributed by atoms with van der Waals surface area (Å²) in [7, 11) is 1.55. The minimum absolute atomic E-state index is 0.390. The van der Waals surface area contributed by atoms with Crippen LogP contribution in [0.2, 0.25) is 0 Å². The Morgan fingerprint density at radius 2 is 1.95 bits per heavy atom. The second-order valence-electron chi connectivity index (χ2n) is 4.91. The van der Waals surface area contributed by atoms with Crippen molar-refractivity contribution in [2.75, 3.05) is 7.11 Å². The van der Waals surface area contributed by atoms with Crippen molar-refractivity contribution in [3.8, 4) is 11.6 Å². The fraction of sp³-hybridized carbons (Fsp3) is 0.118. The molecule has 0 saturated carbocycles. The first-order valence-electron chi connectivity index (χ1n) is 6.84. The Morgan fingerprint density at radius 1 is 1.18 bits per heavy atom. The molecule has 0 bridgehead atoms. The largest absolute Gasteiger partial charge is 0.496 e. The molecule has 0 saturated heterocycles. The Kier molecular flexibility index (Phi) is 3.70. The van der Waals surface area contributed by atoms with Gasteiger partial charge in [0.2, 0.25) is 5.91 Å². The van der Waals surface area contributed by atoms with Gasteiger partial charge in [-0.2, -0.15) is 0 Å². The number of nitrogens with two attached hydrogens (primary N) is 1. The van der Waals surface area contributed by atoms with Crippen molar-refractivity contribution in [2.24, 2.45) is 5.73 Å². The number of nitrogens with one attached hydrogen (secondary N) is 1. The smallest absolute Gasteiger partial charge is 0.248 e. The highest BCUT2D eigenvalue weighted by Crippen LogP contribution is 2.31. The molecule has 1 aromatic heterocycles. The fourth-order valence-electron chi connectivity index (χ4n) is 2.30. The third kappa shape index (κ3) is 2.74. The van der Waals surface area contributed by atoms with Gasteiger partial charge in [-0.3, -0.25) is 4.79 Å². The Bertz CT molecular complexity index is 809. The number of ether oxygens (including phenoxy) is 2. The van der Waals surface area contributed by atoms with E-state index >= 15 is 0 Å². The van der Waals surface area contributed by atoms with Crippen molar-refractivity contribution in [3.05, 3.63) is 59.7 Å². The molecule has 0 spiro atoms. The van der Waals surface area contributed by atoms with Crippen LogP contribution in [-0.2, 0) is 6.61 Å². The van der Waals surface area contributed by atoms with Crippen molar-refractivity contribution in [1.29, 1.82) is 0 Å². The Hall–Kier alpha value is -2.95. The van der Waals surface area contributed by atoms with Gasteiger partial charge in [0, 0.05) is 17.0 Å². The molecule has 0 aliphatic carbocycles. The number of amides is 1. The number of hydrogen-bond donors (Lipinski definition) is 2. The van der Waals surface area contributed by atoms with Gasteiger partial charge < -0.3 is 20.2 Å². The highest BCUT2D eigenvalue weighted by atomic mass is 16.5. The first kappa shape index (κ1) is 14.0. The minimum Gasteiger partial charge on any atom is -0.496 e. The van der Waals surface area contributed by atoms with Gasteiger partial charge in [0.15, 0.2) is 5.88 Å². The molecule has 3 N–H and O–H groups in total. The van der Waals surface area contributed by atoms with Crippen LogP contribution in [0.15, 0.2) is 48.5 Å². The molecular formula is C17H16N2O3. The average Bonchev–Trinajstić information content (AvgIpc) is 2.95. The maximum Gasteiger partial charge on any atom is 0.248 e. The summed E-state index contributed by atoms with van der Waals surface area (Å²) < 4.78 is 11.1. The van der Waals surface area contributed by atoms with Gasteiger partial charge in [-0.05, 0) is 17.7 Å². The van der Waals surface area contributed by atoms with E-state index in [0.717, 1.165) is 16.5 Å². The number of carbonyl (C=O) groups excluding carboxylic acids is 1. The van der Waals surface area contributed by atoms with E-state index in [1.807, 2.05) is 36.4 Å². The number of hydrogen-bond acceptors (Lipinski definition) is 3. The summed E-state index contributed by atoms with van der Waals surface area (Å²) in [5.74, 6) is 0.692. The summed E-state index contributed by atoms with van der Waals surface area (Å²) in [6, 6.07) is 15.0. The number of fused-ring (bicyclic) bond motifs is 1. The highest BCUT2D eigenvalue weighted by molar-refractivity contribution is 5.99. The van der Waals surface area contributed by atoms with Crippen LogP contribution in [0.3, 0.4) is 0 Å². The minimum atomic E-state index is -0.499. The summed E-state index contributed by atoms with van der Waals surface area (Å²) in [5.41, 5.74) is 7.54. The third-order valence-electron chi connectivity index (χ3n) is 3.42. The Morgan fingerprint density at radius 3 is 2.64 bits per heavy atom. The zero-order valence-corrected chi connectivity index (χ0v) is 12.1. The maximum atomic E-state index is 11.4. The number of H-pyrrole nitrogens is 1. The van der Waals surface area contributed by atoms with Gasteiger partial charge in [0.25, 0.3) is 0 Å². The lowest BCUT2D eigenvalue weighted by Gasteiger charge is -2.03. The van der Waals surface area contributed by atoms with E-state index in [2.05, 4.69) is 4.98 Å². The number of benzene rings is 2. The summed E-state index contributed by atoms with van der Waals surface area (Å²) in [5, 5.41) is 0.843. The van der Waals surface area contributed by atoms with Crippen LogP contribution in [0, 0.1) is 0 Å². The molecule has 5 heteroatoms. The van der Waals surface area contributed by atoms with Crippen molar-refractivity contribution in [2.45, 2.75) is 6.61 Å². The first-order valence-corrected chi connectivity index (χ1v) is 6.84. The Balaban J connectivity index is 1.90. The van der Waals surface area contributed by atoms with Gasteiger partial charge in [-0.1, -0.05) is 30.3 Å². The zero-order valence-electron chi connectivity index (χ0n) is 12.1. The van der Waals surface area contributed by atoms with Crippen LogP contribution in [0.5, 0.6) is 11.6 Å². The van der Waals surface area contributed by atoms with E-state index in [4.69, 9.17) is 15.2 Å². The monoisotopic (exact) mass is 296 g/mol. The van der Waals surface area contributed by atoms with Crippen LogP contribution in [0.25, 0.3) is 10.9 Å². The van der Waals surface area contributed by atoms with E-state index in [-0.39, 0.29) is 0 Å². The number of primary amides is 1. The van der Waals surface area contributed by atoms with Crippen molar-refractivity contribution >= 4 is 16.8 Å². The summed E-state index contributed by atoms with van der Waals surface area (Å²) in [6.45, 7) is 0.457. The van der Waals surface area contributed by atoms with Gasteiger partial charge in [-0.15, -0.1) is 0 Å². The van der Waals surface area contributed by atoms with Crippen molar-refractivity contribution in [1.82, 2.24) is 4.98 Å². The number of aromatic nitrogens is 1. The summed E-state index contributed by atoms with van der Waals surface area (Å²) in [6.07, 6.45) is 0. The second kappa shape index (κ2) is 5.81. The van der Waals surface area contributed by atoms with Crippen LogP contribution in [-0.4, -0.2) is 18.0 Å². The lowest BCUT2D eigenvalue weighted by molar-refractivity contribution is 0.1000. The first-order chi connectivity index (χ1) is 10.7. The summed E-state index contributed by atoms with van der Waals surface area (Å²) in [4.78, 5) is 14.5. The molecule has 1 heterocycles. The lowest BCUT2D eigenvalue weighted by Crippen LogP contribution is -2.10. The van der Waals surface area contributed by atoms with Crippen molar-refractivity contribution < 1.29 is 14.3 Å². The van der Waals surface area contributed by atoms with E-state index in [9.17, 15) is 4.79 Å². The molecule has 22 heavy (non-hydrogen) atoms. The molecule has 0 fully saturated rings. The number of methoxy groups -OCH3 is 1. The predicted molar refractivity (Wildman–Crippen MR) is 84.1 cm³/mol. The SMILES string of the molecule is COc1cc(C(N)=O)cc2[nH]c(OCc3ccccc3)cc12. The van der Waals surface area contributed by atoms with Gasteiger partial charge >= 0.3 is 0 Å². The Labute approximate surface area is 127 Å². The molecular weight excluding hydrogens is 280 g/mol. The predicted octanol–water partition coefficient (Wildman–Crippen LogP) is 2.85. The molecule has 0 aliphatic rings. The molecule has 112 valence electrons. The van der Waals surface area contributed by atoms with E-state index in [0.29, 0.717) is 23.8 Å². The van der Waals surface area contributed by atoms with Gasteiger partial charge in [-0.25, -0.2) is 0 Å². The van der Waals surface area contributed by atoms with Crippen LogP contribution >= 0.6 is 0 Å². The normalized spacial score (nSPS) is 10.6. The molecule has 0 atom stereocenters. The van der Waals surface area contributed by atoms with Crippen molar-refractivity contribution in [3.63, 3.8) is 0 Å². The zero-order chi connectivity index (χ0) is 15.5. The molecule has 0 unspecified atom stereocenters. The van der Waals surface area contributed by atoms with Crippen LogP contribution in [0.4, 0.5) is 0 Å². The fourth-order valence-corrected chi connectivity index (χ4v) is 2.30. The summed E-state index contributed by atoms with van der Waals surface area (Å²) >= 11 is 0. The number of carbonyl (C=O) groups is 1. The molecule has 2 aromatic carbocycles. The topological polar surface area (TPSA) is 77.3 Å². The van der Waals surface area contributed by atoms with E-state index in [1.54, 1.807) is 19.2 Å². The van der Waals surface area contributed by atoms with Crippen LogP contribution < -0.4 is 15.2 Å². The lowest BCUT2D eigenvalue weighted by atomic mass is 10.1. The van der Waals surface area contributed by atoms with Gasteiger partial charge in [0.05, 0.1) is 12.6 Å². The van der Waals surface area contributed by atoms with E-state index in [1.165, 1.54) is 0 Å². The molecule has 1 amide bonds. The molecule has 0 radical (unpaired) electrons. The highest BCUT2D eigenvalue weighted by Gasteiger charge is 2.12. The quantitative estimate of drug-likeness (QED) is 0.760. The maximum absolute atomic E-state index is 11.4. The average molecular weight is 296 g/mol. The third-order valence-corrected chi connectivity index (χ3v) is 3.42. The van der Waals surface area contributed by atoms with Gasteiger partial charge in [0.1, 0.15) is 12.4 Å². The molecule has 3 aromatic rings. The van der Waals surface area contributed by atoms with Crippen LogP contribution in [0.1, 0.15) is 15.9 Å². The molecule has 3 rings (SSSR count). The second-order valence-corrected chi connectivity index (χ2v) is 4.91. The van der Waals surface area contributed by atoms with E-state index < -0.39 is 5.91 Å². The molecule has 5 nitrogen and oxygen atoms in total. The molecule has 0 aliphatic heterocycles. The number of aromatic amines is 1. The number of rotatable bonds is 5.